The first-order chi connectivity index (χ1) is 10.5. The number of cyclic esters (lactones) is 1. The summed E-state index contributed by atoms with van der Waals surface area (Å²) in [5.41, 5.74) is 2.08. The molecule has 1 heterocycles. The van der Waals surface area contributed by atoms with Crippen molar-refractivity contribution in [1.29, 1.82) is 0 Å². The van der Waals surface area contributed by atoms with Gasteiger partial charge in [0.1, 0.15) is 6.10 Å². The van der Waals surface area contributed by atoms with Gasteiger partial charge in [-0.25, -0.2) is 0 Å². The first-order valence-electron chi connectivity index (χ1n) is 8.95. The van der Waals surface area contributed by atoms with Crippen LogP contribution in [-0.2, 0) is 9.53 Å². The molecule has 124 valence electrons. The van der Waals surface area contributed by atoms with Gasteiger partial charge in [-0.15, -0.1) is 0 Å². The van der Waals surface area contributed by atoms with Gasteiger partial charge in [0, 0.05) is 0 Å². The maximum atomic E-state index is 11.6. The molecule has 3 fully saturated rings. The van der Waals surface area contributed by atoms with Crippen molar-refractivity contribution in [2.45, 2.75) is 71.8 Å². The zero-order valence-corrected chi connectivity index (χ0v) is 15.7. The van der Waals surface area contributed by atoms with Crippen molar-refractivity contribution < 1.29 is 9.53 Å². The second-order valence-electron chi connectivity index (χ2n) is 8.19. The standard InChI is InChI=1S/C19H29BrO2/c1-12(9-15-10-13(2)18(21)22-15)16-6-7-17-14(11-20)5-4-8-19(16,17)3/h11-13,15-17H,4-10H2,1-3H3/t12-,13+,15+,16-,17?,19+/m1/s1. The second kappa shape index (κ2) is 6.30. The number of carbonyl (C=O) groups is 1. The van der Waals surface area contributed by atoms with Crippen LogP contribution in [-0.4, -0.2) is 12.1 Å². The Hall–Kier alpha value is -0.310. The molecule has 0 bridgehead atoms. The number of allylic oxidation sites excluding steroid dienone is 1. The van der Waals surface area contributed by atoms with Crippen LogP contribution in [0.15, 0.2) is 10.6 Å². The number of esters is 1. The number of carbonyl (C=O) groups excluding carboxylic acids is 1. The Bertz CT molecular complexity index is 472. The lowest BCUT2D eigenvalue weighted by Gasteiger charge is -2.44. The fraction of sp³-hybridized carbons (Fsp3) is 0.842. The molecular formula is C19H29BrO2. The van der Waals surface area contributed by atoms with Crippen LogP contribution in [0, 0.1) is 29.1 Å². The van der Waals surface area contributed by atoms with Crippen LogP contribution >= 0.6 is 15.9 Å². The van der Waals surface area contributed by atoms with E-state index in [1.807, 2.05) is 6.92 Å². The fourth-order valence-electron chi connectivity index (χ4n) is 5.69. The van der Waals surface area contributed by atoms with Crippen molar-refractivity contribution in [3.05, 3.63) is 10.6 Å². The van der Waals surface area contributed by atoms with Gasteiger partial charge >= 0.3 is 5.97 Å². The summed E-state index contributed by atoms with van der Waals surface area (Å²) in [6, 6.07) is 0. The quantitative estimate of drug-likeness (QED) is 0.618. The molecule has 0 aromatic rings. The van der Waals surface area contributed by atoms with Crippen LogP contribution in [0.1, 0.15) is 65.7 Å². The van der Waals surface area contributed by atoms with Crippen LogP contribution < -0.4 is 0 Å². The number of fused-ring (bicyclic) bond motifs is 1. The summed E-state index contributed by atoms with van der Waals surface area (Å²) in [6.45, 7) is 6.90. The second-order valence-corrected chi connectivity index (χ2v) is 8.65. The molecule has 3 heteroatoms. The monoisotopic (exact) mass is 368 g/mol. The average Bonchev–Trinajstić information content (AvgIpc) is 2.98. The summed E-state index contributed by atoms with van der Waals surface area (Å²) in [5.74, 6) is 2.29. The van der Waals surface area contributed by atoms with E-state index in [4.69, 9.17) is 4.74 Å². The van der Waals surface area contributed by atoms with Crippen LogP contribution in [0.5, 0.6) is 0 Å². The Morgan fingerprint density at radius 3 is 2.86 bits per heavy atom. The van der Waals surface area contributed by atoms with Gasteiger partial charge in [-0.05, 0) is 73.1 Å². The lowest BCUT2D eigenvalue weighted by molar-refractivity contribution is -0.144. The van der Waals surface area contributed by atoms with Gasteiger partial charge in [-0.2, -0.15) is 0 Å². The molecule has 0 amide bonds. The van der Waals surface area contributed by atoms with Crippen molar-refractivity contribution >= 4 is 21.9 Å². The first-order valence-corrected chi connectivity index (χ1v) is 9.87. The van der Waals surface area contributed by atoms with E-state index in [0.29, 0.717) is 11.3 Å². The minimum atomic E-state index is 0.00915. The highest BCUT2D eigenvalue weighted by molar-refractivity contribution is 9.11. The predicted molar refractivity (Wildman–Crippen MR) is 92.6 cm³/mol. The zero-order chi connectivity index (χ0) is 15.9. The maximum absolute atomic E-state index is 11.6. The third kappa shape index (κ3) is 2.79. The molecule has 2 nitrogen and oxygen atoms in total. The summed E-state index contributed by atoms with van der Waals surface area (Å²) in [6.07, 6.45) is 8.76. The van der Waals surface area contributed by atoms with Crippen LogP contribution in [0.3, 0.4) is 0 Å². The van der Waals surface area contributed by atoms with Gasteiger partial charge in [0.2, 0.25) is 0 Å². The fourth-order valence-corrected chi connectivity index (χ4v) is 6.24. The Morgan fingerprint density at radius 1 is 1.45 bits per heavy atom. The lowest BCUT2D eigenvalue weighted by Crippen LogP contribution is -2.36. The van der Waals surface area contributed by atoms with Gasteiger partial charge in [-0.3, -0.25) is 4.79 Å². The molecule has 3 aliphatic rings. The number of hydrogen-bond donors (Lipinski definition) is 0. The van der Waals surface area contributed by atoms with E-state index in [-0.39, 0.29) is 18.0 Å². The van der Waals surface area contributed by atoms with Crippen molar-refractivity contribution in [2.75, 3.05) is 0 Å². The van der Waals surface area contributed by atoms with Gasteiger partial charge in [0.25, 0.3) is 0 Å². The average molecular weight is 369 g/mol. The molecule has 0 aromatic heterocycles. The number of ether oxygens (including phenoxy) is 1. The van der Waals surface area contributed by atoms with Crippen molar-refractivity contribution in [3.8, 4) is 0 Å². The molecule has 0 N–H and O–H groups in total. The van der Waals surface area contributed by atoms with E-state index in [1.54, 1.807) is 5.57 Å². The van der Waals surface area contributed by atoms with Crippen LogP contribution in [0.2, 0.25) is 0 Å². The molecule has 3 rings (SSSR count). The minimum Gasteiger partial charge on any atom is -0.462 e. The molecule has 0 aromatic carbocycles. The number of halogens is 1. The third-order valence-corrected chi connectivity index (χ3v) is 7.39. The zero-order valence-electron chi connectivity index (χ0n) is 14.1. The number of hydrogen-bond acceptors (Lipinski definition) is 2. The molecule has 2 aliphatic carbocycles. The Kier molecular flexibility index (Phi) is 4.74. The van der Waals surface area contributed by atoms with E-state index in [1.165, 1.54) is 32.1 Å². The molecule has 2 saturated carbocycles. The highest BCUT2D eigenvalue weighted by atomic mass is 79.9. The first kappa shape index (κ1) is 16.5. The normalized spacial score (nSPS) is 44.9. The van der Waals surface area contributed by atoms with Crippen LogP contribution in [0.4, 0.5) is 0 Å². The lowest BCUT2D eigenvalue weighted by atomic mass is 9.61. The highest BCUT2D eigenvalue weighted by Crippen LogP contribution is 2.60. The van der Waals surface area contributed by atoms with E-state index in [9.17, 15) is 4.79 Å². The largest absolute Gasteiger partial charge is 0.462 e. The third-order valence-electron chi connectivity index (χ3n) is 6.80. The highest BCUT2D eigenvalue weighted by Gasteiger charge is 2.51. The number of rotatable bonds is 3. The van der Waals surface area contributed by atoms with Gasteiger partial charge in [0.05, 0.1) is 5.92 Å². The van der Waals surface area contributed by atoms with E-state index >= 15 is 0 Å². The van der Waals surface area contributed by atoms with Crippen molar-refractivity contribution in [3.63, 3.8) is 0 Å². The predicted octanol–water partition coefficient (Wildman–Crippen LogP) is 5.46. The molecule has 0 radical (unpaired) electrons. The van der Waals surface area contributed by atoms with E-state index < -0.39 is 0 Å². The molecule has 6 atom stereocenters. The summed E-state index contributed by atoms with van der Waals surface area (Å²) in [4.78, 5) is 13.8. The molecular weight excluding hydrogens is 340 g/mol. The van der Waals surface area contributed by atoms with Crippen LogP contribution in [0.25, 0.3) is 0 Å². The minimum absolute atomic E-state index is 0.00915. The topological polar surface area (TPSA) is 26.3 Å². The summed E-state index contributed by atoms with van der Waals surface area (Å²) >= 11 is 3.59. The van der Waals surface area contributed by atoms with E-state index in [0.717, 1.165) is 24.7 Å². The molecule has 22 heavy (non-hydrogen) atoms. The van der Waals surface area contributed by atoms with E-state index in [2.05, 4.69) is 34.8 Å². The van der Waals surface area contributed by atoms with Gasteiger partial charge in [-0.1, -0.05) is 42.3 Å². The summed E-state index contributed by atoms with van der Waals surface area (Å²) in [7, 11) is 0. The molecule has 0 spiro atoms. The summed E-state index contributed by atoms with van der Waals surface area (Å²) < 4.78 is 5.56. The molecule has 1 saturated heterocycles. The summed E-state index contributed by atoms with van der Waals surface area (Å²) in [5, 5.41) is 0. The van der Waals surface area contributed by atoms with Gasteiger partial charge in [0.15, 0.2) is 0 Å². The van der Waals surface area contributed by atoms with Gasteiger partial charge < -0.3 is 4.74 Å². The Balaban J connectivity index is 1.68. The Labute approximate surface area is 143 Å². The molecule has 1 aliphatic heterocycles. The van der Waals surface area contributed by atoms with Crippen molar-refractivity contribution in [2.24, 2.45) is 29.1 Å². The van der Waals surface area contributed by atoms with Crippen molar-refractivity contribution in [1.82, 2.24) is 0 Å². The Morgan fingerprint density at radius 2 is 2.23 bits per heavy atom. The SMILES string of the molecule is C[C@H](C[C@H]1C[C@H](C)C(=O)O1)[C@H]1CCC2C(=CBr)CCC[C@]21C. The maximum Gasteiger partial charge on any atom is 0.309 e. The molecule has 1 unspecified atom stereocenters. The smallest absolute Gasteiger partial charge is 0.309 e.